The van der Waals surface area contributed by atoms with Gasteiger partial charge in [0.15, 0.2) is 0 Å². The molecule has 0 bridgehead atoms. The summed E-state index contributed by atoms with van der Waals surface area (Å²) in [5.41, 5.74) is 0. The molecule has 0 saturated heterocycles. The van der Waals surface area contributed by atoms with Gasteiger partial charge >= 0.3 is 6.18 Å². The Labute approximate surface area is 71.6 Å². The first-order chi connectivity index (χ1) is 5.45. The van der Waals surface area contributed by atoms with E-state index in [1.807, 2.05) is 6.92 Å². The molecular formula is C8H16F3N. The largest absolute Gasteiger partial charge is 0.401 e. The van der Waals surface area contributed by atoms with Gasteiger partial charge in [-0.15, -0.1) is 0 Å². The topological polar surface area (TPSA) is 3.24 Å². The van der Waals surface area contributed by atoms with E-state index in [2.05, 4.69) is 0 Å². The molecule has 0 radical (unpaired) electrons. The number of rotatable bonds is 5. The monoisotopic (exact) mass is 183 g/mol. The molecule has 0 saturated carbocycles. The van der Waals surface area contributed by atoms with Crippen LogP contribution in [0.3, 0.4) is 0 Å². The molecule has 0 atom stereocenters. The third-order valence-corrected chi connectivity index (χ3v) is 1.59. The number of alkyl halides is 3. The molecule has 0 fully saturated rings. The molecule has 0 rings (SSSR count). The van der Waals surface area contributed by atoms with E-state index in [1.165, 1.54) is 11.9 Å². The van der Waals surface area contributed by atoms with Crippen LogP contribution in [-0.4, -0.2) is 31.2 Å². The van der Waals surface area contributed by atoms with Crippen molar-refractivity contribution in [1.29, 1.82) is 0 Å². The van der Waals surface area contributed by atoms with E-state index in [0.717, 1.165) is 19.3 Å². The summed E-state index contributed by atoms with van der Waals surface area (Å²) in [4.78, 5) is 1.32. The lowest BCUT2D eigenvalue weighted by Gasteiger charge is -2.17. The van der Waals surface area contributed by atoms with Gasteiger partial charge in [-0.05, 0) is 20.0 Å². The quantitative estimate of drug-likeness (QED) is 0.592. The second-order valence-electron chi connectivity index (χ2n) is 3.06. The Kier molecular flexibility index (Phi) is 5.29. The first-order valence-electron chi connectivity index (χ1n) is 4.21. The molecule has 4 heteroatoms. The SMILES string of the molecule is CCCCCN(C)CC(F)(F)F. The lowest BCUT2D eigenvalue weighted by Crippen LogP contribution is -2.31. The van der Waals surface area contributed by atoms with Crippen LogP contribution in [0.15, 0.2) is 0 Å². The fourth-order valence-electron chi connectivity index (χ4n) is 1.02. The number of unbranched alkanes of at least 4 members (excludes halogenated alkanes) is 2. The smallest absolute Gasteiger partial charge is 0.298 e. The fraction of sp³-hybridized carbons (Fsp3) is 1.00. The van der Waals surface area contributed by atoms with Crippen molar-refractivity contribution in [2.45, 2.75) is 32.4 Å². The highest BCUT2D eigenvalue weighted by Crippen LogP contribution is 2.15. The van der Waals surface area contributed by atoms with Crippen LogP contribution in [0, 0.1) is 0 Å². The number of halogens is 3. The number of nitrogens with zero attached hydrogens (tertiary/aromatic N) is 1. The average Bonchev–Trinajstić information content (AvgIpc) is 1.84. The maximum atomic E-state index is 11.8. The summed E-state index contributed by atoms with van der Waals surface area (Å²) >= 11 is 0. The normalized spacial score (nSPS) is 12.5. The Hall–Kier alpha value is -0.250. The minimum absolute atomic E-state index is 0.535. The first kappa shape index (κ1) is 11.8. The molecule has 12 heavy (non-hydrogen) atoms. The summed E-state index contributed by atoms with van der Waals surface area (Å²) < 4.78 is 35.3. The molecule has 0 aromatic carbocycles. The van der Waals surface area contributed by atoms with Crippen LogP contribution in [0.1, 0.15) is 26.2 Å². The molecule has 1 nitrogen and oxygen atoms in total. The van der Waals surface area contributed by atoms with E-state index in [1.54, 1.807) is 0 Å². The van der Waals surface area contributed by atoms with E-state index < -0.39 is 12.7 Å². The van der Waals surface area contributed by atoms with E-state index >= 15 is 0 Å². The molecule has 0 N–H and O–H groups in total. The highest BCUT2D eigenvalue weighted by molar-refractivity contribution is 4.58. The molecule has 0 unspecified atom stereocenters. The van der Waals surface area contributed by atoms with Gasteiger partial charge in [0.1, 0.15) is 0 Å². The Balaban J connectivity index is 3.40. The standard InChI is InChI=1S/C8H16F3N/c1-3-4-5-6-12(2)7-8(9,10)11/h3-7H2,1-2H3. The molecular weight excluding hydrogens is 167 g/mol. The fourth-order valence-corrected chi connectivity index (χ4v) is 1.02. The lowest BCUT2D eigenvalue weighted by molar-refractivity contribution is -0.143. The van der Waals surface area contributed by atoms with Gasteiger partial charge in [0, 0.05) is 0 Å². The predicted molar refractivity (Wildman–Crippen MR) is 43.1 cm³/mol. The average molecular weight is 183 g/mol. The number of hydrogen-bond donors (Lipinski definition) is 0. The first-order valence-corrected chi connectivity index (χ1v) is 4.21. The second-order valence-corrected chi connectivity index (χ2v) is 3.06. The highest BCUT2D eigenvalue weighted by Gasteiger charge is 2.28. The maximum Gasteiger partial charge on any atom is 0.401 e. The molecule has 0 heterocycles. The third kappa shape index (κ3) is 7.85. The van der Waals surface area contributed by atoms with Crippen LogP contribution < -0.4 is 0 Å². The minimum Gasteiger partial charge on any atom is -0.298 e. The highest BCUT2D eigenvalue weighted by atomic mass is 19.4. The van der Waals surface area contributed by atoms with E-state index in [0.29, 0.717) is 6.54 Å². The van der Waals surface area contributed by atoms with Gasteiger partial charge < -0.3 is 0 Å². The van der Waals surface area contributed by atoms with Crippen molar-refractivity contribution in [3.63, 3.8) is 0 Å². The summed E-state index contributed by atoms with van der Waals surface area (Å²) in [5, 5.41) is 0. The van der Waals surface area contributed by atoms with Crippen molar-refractivity contribution < 1.29 is 13.2 Å². The lowest BCUT2D eigenvalue weighted by atomic mass is 10.2. The van der Waals surface area contributed by atoms with Gasteiger partial charge in [0.25, 0.3) is 0 Å². The zero-order chi connectivity index (χ0) is 9.61. The summed E-state index contributed by atoms with van der Waals surface area (Å²) in [7, 11) is 1.50. The van der Waals surface area contributed by atoms with Gasteiger partial charge in [-0.25, -0.2) is 0 Å². The predicted octanol–water partition coefficient (Wildman–Crippen LogP) is 2.67. The van der Waals surface area contributed by atoms with Crippen molar-refractivity contribution in [2.75, 3.05) is 20.1 Å². The van der Waals surface area contributed by atoms with Crippen LogP contribution in [0.25, 0.3) is 0 Å². The molecule has 0 aromatic rings. The zero-order valence-electron chi connectivity index (χ0n) is 7.62. The van der Waals surface area contributed by atoms with Gasteiger partial charge in [0.2, 0.25) is 0 Å². The second kappa shape index (κ2) is 5.41. The van der Waals surface area contributed by atoms with Crippen molar-refractivity contribution in [2.24, 2.45) is 0 Å². The van der Waals surface area contributed by atoms with Crippen LogP contribution in [-0.2, 0) is 0 Å². The minimum atomic E-state index is -4.05. The molecule has 0 aliphatic rings. The summed E-state index contributed by atoms with van der Waals surface area (Å²) in [6.07, 6.45) is -1.16. The molecule has 74 valence electrons. The van der Waals surface area contributed by atoms with Gasteiger partial charge in [0.05, 0.1) is 6.54 Å². The van der Waals surface area contributed by atoms with Crippen LogP contribution in [0.4, 0.5) is 13.2 Å². The van der Waals surface area contributed by atoms with Crippen LogP contribution in [0.5, 0.6) is 0 Å². The van der Waals surface area contributed by atoms with Crippen LogP contribution >= 0.6 is 0 Å². The Morgan fingerprint density at radius 1 is 1.17 bits per heavy atom. The molecule has 0 amide bonds. The zero-order valence-corrected chi connectivity index (χ0v) is 7.62. The van der Waals surface area contributed by atoms with E-state index in [-0.39, 0.29) is 0 Å². The number of hydrogen-bond acceptors (Lipinski definition) is 1. The van der Waals surface area contributed by atoms with Gasteiger partial charge in [-0.2, -0.15) is 13.2 Å². The summed E-state index contributed by atoms with van der Waals surface area (Å²) in [6, 6.07) is 0. The Bertz CT molecular complexity index is 111. The van der Waals surface area contributed by atoms with E-state index in [4.69, 9.17) is 0 Å². The Morgan fingerprint density at radius 2 is 1.75 bits per heavy atom. The van der Waals surface area contributed by atoms with Crippen molar-refractivity contribution in [1.82, 2.24) is 4.90 Å². The van der Waals surface area contributed by atoms with Crippen molar-refractivity contribution in [3.8, 4) is 0 Å². The summed E-state index contributed by atoms with van der Waals surface area (Å²) in [5.74, 6) is 0. The van der Waals surface area contributed by atoms with Crippen LogP contribution in [0.2, 0.25) is 0 Å². The van der Waals surface area contributed by atoms with Crippen molar-refractivity contribution in [3.05, 3.63) is 0 Å². The van der Waals surface area contributed by atoms with Gasteiger partial charge in [-0.1, -0.05) is 19.8 Å². The van der Waals surface area contributed by atoms with Gasteiger partial charge in [-0.3, -0.25) is 4.90 Å². The molecule has 0 aliphatic heterocycles. The summed E-state index contributed by atoms with van der Waals surface area (Å²) in [6.45, 7) is 1.77. The molecule has 0 spiro atoms. The van der Waals surface area contributed by atoms with Crippen molar-refractivity contribution >= 4 is 0 Å². The van der Waals surface area contributed by atoms with E-state index in [9.17, 15) is 13.2 Å². The third-order valence-electron chi connectivity index (χ3n) is 1.59. The molecule has 0 aliphatic carbocycles. The molecule has 0 aromatic heterocycles. The maximum absolute atomic E-state index is 11.8. The Morgan fingerprint density at radius 3 is 2.17 bits per heavy atom.